The number of amides is 2. The van der Waals surface area contributed by atoms with Crippen molar-refractivity contribution >= 4 is 11.8 Å². The topological polar surface area (TPSA) is 93.5 Å². The van der Waals surface area contributed by atoms with Crippen LogP contribution < -0.4 is 21.1 Å². The van der Waals surface area contributed by atoms with E-state index < -0.39 is 12.5 Å². The van der Waals surface area contributed by atoms with Gasteiger partial charge >= 0.3 is 6.61 Å². The number of hydrogen-bond acceptors (Lipinski definition) is 4. The highest BCUT2D eigenvalue weighted by Gasteiger charge is 2.05. The van der Waals surface area contributed by atoms with E-state index in [0.29, 0.717) is 5.56 Å². The van der Waals surface area contributed by atoms with Gasteiger partial charge in [0.15, 0.2) is 0 Å². The molecule has 8 heteroatoms. The number of alkyl halides is 2. The third kappa shape index (κ3) is 6.10. The number of benzene rings is 1. The van der Waals surface area contributed by atoms with Gasteiger partial charge in [0.25, 0.3) is 0 Å². The van der Waals surface area contributed by atoms with E-state index >= 15 is 0 Å². The standard InChI is InChI=1S/C12H15F2N3O3/c13-12(14)20-9-3-1-8(2-4-9)6-16-11(19)7-17-10(18)5-15/h1-4,12H,5-7,15H2,(H,16,19)(H,17,18). The van der Waals surface area contributed by atoms with Crippen molar-refractivity contribution in [3.63, 3.8) is 0 Å². The molecule has 4 N–H and O–H groups in total. The van der Waals surface area contributed by atoms with Crippen molar-refractivity contribution in [1.29, 1.82) is 0 Å². The molecule has 0 aliphatic carbocycles. The first kappa shape index (κ1) is 15.8. The Bertz CT molecular complexity index is 452. The molecule has 1 aromatic rings. The Balaban J connectivity index is 2.34. The van der Waals surface area contributed by atoms with Crippen LogP contribution in [0.1, 0.15) is 5.56 Å². The normalized spacial score (nSPS) is 10.2. The van der Waals surface area contributed by atoms with Crippen molar-refractivity contribution in [3.8, 4) is 5.75 Å². The van der Waals surface area contributed by atoms with E-state index in [1.807, 2.05) is 0 Å². The predicted molar refractivity (Wildman–Crippen MR) is 67.0 cm³/mol. The van der Waals surface area contributed by atoms with Crippen LogP contribution >= 0.6 is 0 Å². The summed E-state index contributed by atoms with van der Waals surface area (Å²) in [7, 11) is 0. The fraction of sp³-hybridized carbons (Fsp3) is 0.333. The molecule has 0 aliphatic heterocycles. The Morgan fingerprint density at radius 1 is 1.15 bits per heavy atom. The van der Waals surface area contributed by atoms with Crippen molar-refractivity contribution in [2.45, 2.75) is 13.2 Å². The van der Waals surface area contributed by atoms with Crippen LogP contribution in [-0.2, 0) is 16.1 Å². The molecule has 0 saturated carbocycles. The quantitative estimate of drug-likeness (QED) is 0.657. The van der Waals surface area contributed by atoms with Gasteiger partial charge in [-0.05, 0) is 17.7 Å². The predicted octanol–water partition coefficient (Wildman–Crippen LogP) is -0.0209. The summed E-state index contributed by atoms with van der Waals surface area (Å²) < 4.78 is 28.1. The summed E-state index contributed by atoms with van der Waals surface area (Å²) in [6.45, 7) is -3.00. The Kier molecular flexibility index (Phi) is 6.38. The van der Waals surface area contributed by atoms with Gasteiger partial charge in [0.1, 0.15) is 5.75 Å². The van der Waals surface area contributed by atoms with Gasteiger partial charge in [-0.25, -0.2) is 0 Å². The monoisotopic (exact) mass is 287 g/mol. The van der Waals surface area contributed by atoms with Crippen molar-refractivity contribution in [3.05, 3.63) is 29.8 Å². The minimum atomic E-state index is -2.87. The minimum Gasteiger partial charge on any atom is -0.435 e. The molecular formula is C12H15F2N3O3. The van der Waals surface area contributed by atoms with E-state index in [1.54, 1.807) is 12.1 Å². The maximum atomic E-state index is 11.9. The third-order valence-corrected chi connectivity index (χ3v) is 2.27. The molecule has 6 nitrogen and oxygen atoms in total. The Labute approximate surface area is 114 Å². The molecule has 0 saturated heterocycles. The fourth-order valence-corrected chi connectivity index (χ4v) is 1.30. The van der Waals surface area contributed by atoms with Gasteiger partial charge in [0.2, 0.25) is 11.8 Å². The molecule has 20 heavy (non-hydrogen) atoms. The zero-order valence-electron chi connectivity index (χ0n) is 10.6. The Morgan fingerprint density at radius 2 is 1.80 bits per heavy atom. The van der Waals surface area contributed by atoms with Gasteiger partial charge in [0, 0.05) is 6.54 Å². The van der Waals surface area contributed by atoms with Gasteiger partial charge in [-0.3, -0.25) is 9.59 Å². The van der Waals surface area contributed by atoms with E-state index in [-0.39, 0.29) is 31.3 Å². The highest BCUT2D eigenvalue weighted by atomic mass is 19.3. The number of carbonyl (C=O) groups is 2. The van der Waals surface area contributed by atoms with Gasteiger partial charge in [0.05, 0.1) is 13.1 Å². The molecule has 1 aromatic carbocycles. The number of halogens is 2. The van der Waals surface area contributed by atoms with Crippen molar-refractivity contribution in [1.82, 2.24) is 10.6 Å². The van der Waals surface area contributed by atoms with E-state index in [9.17, 15) is 18.4 Å². The molecule has 0 unspecified atom stereocenters. The van der Waals surface area contributed by atoms with Crippen LogP contribution in [0.5, 0.6) is 5.75 Å². The smallest absolute Gasteiger partial charge is 0.387 e. The van der Waals surface area contributed by atoms with Crippen LogP contribution in [0.3, 0.4) is 0 Å². The van der Waals surface area contributed by atoms with Gasteiger partial charge in [-0.15, -0.1) is 0 Å². The zero-order valence-corrected chi connectivity index (χ0v) is 10.6. The lowest BCUT2D eigenvalue weighted by atomic mass is 10.2. The molecular weight excluding hydrogens is 272 g/mol. The SMILES string of the molecule is NCC(=O)NCC(=O)NCc1ccc(OC(F)F)cc1. The minimum absolute atomic E-state index is 0.0466. The van der Waals surface area contributed by atoms with Gasteiger partial charge < -0.3 is 21.1 Å². The lowest BCUT2D eigenvalue weighted by molar-refractivity contribution is -0.125. The molecule has 0 heterocycles. The second kappa shape index (κ2) is 8.05. The number of nitrogens with one attached hydrogen (secondary N) is 2. The average Bonchev–Trinajstić information content (AvgIpc) is 2.43. The van der Waals surface area contributed by atoms with Crippen molar-refractivity contribution < 1.29 is 23.1 Å². The molecule has 0 radical (unpaired) electrons. The number of hydrogen-bond donors (Lipinski definition) is 3. The molecule has 0 spiro atoms. The van der Waals surface area contributed by atoms with E-state index in [4.69, 9.17) is 5.73 Å². The zero-order chi connectivity index (χ0) is 15.0. The second-order valence-corrected chi connectivity index (χ2v) is 3.78. The highest BCUT2D eigenvalue weighted by Crippen LogP contribution is 2.14. The maximum Gasteiger partial charge on any atom is 0.387 e. The average molecular weight is 287 g/mol. The number of nitrogens with two attached hydrogens (primary N) is 1. The molecule has 1 rings (SSSR count). The molecule has 0 aromatic heterocycles. The number of rotatable bonds is 7. The summed E-state index contributed by atoms with van der Waals surface area (Å²) in [6, 6.07) is 5.86. The van der Waals surface area contributed by atoms with Crippen LogP contribution in [0.4, 0.5) is 8.78 Å². The first-order chi connectivity index (χ1) is 9.51. The largest absolute Gasteiger partial charge is 0.435 e. The van der Waals surface area contributed by atoms with E-state index in [1.165, 1.54) is 12.1 Å². The van der Waals surface area contributed by atoms with E-state index in [2.05, 4.69) is 15.4 Å². The molecule has 0 bridgehead atoms. The summed E-state index contributed by atoms with van der Waals surface area (Å²) in [5.74, 6) is -0.751. The lowest BCUT2D eigenvalue weighted by Gasteiger charge is -2.08. The first-order valence-corrected chi connectivity index (χ1v) is 5.78. The third-order valence-electron chi connectivity index (χ3n) is 2.27. The van der Waals surface area contributed by atoms with Crippen molar-refractivity contribution in [2.75, 3.05) is 13.1 Å². The van der Waals surface area contributed by atoms with Gasteiger partial charge in [-0.1, -0.05) is 12.1 Å². The van der Waals surface area contributed by atoms with Crippen LogP contribution in [0.15, 0.2) is 24.3 Å². The molecule has 0 aliphatic rings. The molecule has 0 atom stereocenters. The summed E-state index contributed by atoms with van der Waals surface area (Å²) in [4.78, 5) is 22.2. The number of ether oxygens (including phenoxy) is 1. The molecule has 0 fully saturated rings. The molecule has 110 valence electrons. The summed E-state index contributed by atoms with van der Waals surface area (Å²) in [5, 5.41) is 4.87. The highest BCUT2D eigenvalue weighted by molar-refractivity contribution is 5.85. The van der Waals surface area contributed by atoms with Crippen LogP contribution in [0.25, 0.3) is 0 Å². The maximum absolute atomic E-state index is 11.9. The summed E-state index contributed by atoms with van der Waals surface area (Å²) in [5.41, 5.74) is 5.78. The van der Waals surface area contributed by atoms with Crippen molar-refractivity contribution in [2.24, 2.45) is 5.73 Å². The van der Waals surface area contributed by atoms with E-state index in [0.717, 1.165) is 0 Å². The number of carbonyl (C=O) groups excluding carboxylic acids is 2. The van der Waals surface area contributed by atoms with Crippen LogP contribution in [-0.4, -0.2) is 31.5 Å². The summed E-state index contributed by atoms with van der Waals surface area (Å²) >= 11 is 0. The summed E-state index contributed by atoms with van der Waals surface area (Å²) in [6.07, 6.45) is 0. The van der Waals surface area contributed by atoms with Gasteiger partial charge in [-0.2, -0.15) is 8.78 Å². The Hall–Kier alpha value is -2.22. The first-order valence-electron chi connectivity index (χ1n) is 5.78. The lowest BCUT2D eigenvalue weighted by Crippen LogP contribution is -2.39. The fourth-order valence-electron chi connectivity index (χ4n) is 1.30. The molecule has 2 amide bonds. The Morgan fingerprint density at radius 3 is 2.35 bits per heavy atom. The second-order valence-electron chi connectivity index (χ2n) is 3.78. The van der Waals surface area contributed by atoms with Crippen LogP contribution in [0, 0.1) is 0 Å². The van der Waals surface area contributed by atoms with Crippen LogP contribution in [0.2, 0.25) is 0 Å².